The Kier molecular flexibility index (Phi) is 3.34. The maximum absolute atomic E-state index is 8.40. The fourth-order valence-electron chi connectivity index (χ4n) is 0.938. The monoisotopic (exact) mass is 177 g/mol. The SMILES string of the molecule is CN=Cc1cc(O[B]O)ccc1N. The van der Waals surface area contributed by atoms with Crippen molar-refractivity contribution in [3.8, 4) is 5.75 Å². The van der Waals surface area contributed by atoms with Crippen LogP contribution in [0.15, 0.2) is 23.2 Å². The van der Waals surface area contributed by atoms with Gasteiger partial charge in [0.05, 0.1) is 0 Å². The first-order valence-electron chi connectivity index (χ1n) is 3.72. The average molecular weight is 177 g/mol. The molecule has 0 heterocycles. The fraction of sp³-hybridized carbons (Fsp3) is 0.125. The normalized spacial score (nSPS) is 10.3. The molecule has 0 aliphatic heterocycles. The van der Waals surface area contributed by atoms with Crippen molar-refractivity contribution < 1.29 is 9.68 Å². The Labute approximate surface area is 77.4 Å². The van der Waals surface area contributed by atoms with Gasteiger partial charge in [0, 0.05) is 24.5 Å². The van der Waals surface area contributed by atoms with Crippen LogP contribution in [0.4, 0.5) is 5.69 Å². The van der Waals surface area contributed by atoms with Crippen LogP contribution in [0.2, 0.25) is 0 Å². The molecule has 0 spiro atoms. The van der Waals surface area contributed by atoms with Crippen molar-refractivity contribution in [2.24, 2.45) is 4.99 Å². The molecule has 1 radical (unpaired) electrons. The molecule has 1 rings (SSSR count). The summed E-state index contributed by atoms with van der Waals surface area (Å²) in [6.07, 6.45) is 1.62. The second kappa shape index (κ2) is 4.52. The van der Waals surface area contributed by atoms with Crippen molar-refractivity contribution in [2.75, 3.05) is 12.8 Å². The summed E-state index contributed by atoms with van der Waals surface area (Å²) in [6.45, 7) is 0. The van der Waals surface area contributed by atoms with Gasteiger partial charge in [-0.3, -0.25) is 4.99 Å². The topological polar surface area (TPSA) is 67.8 Å². The number of nitrogens with zero attached hydrogens (tertiary/aromatic N) is 1. The molecule has 0 aliphatic carbocycles. The highest BCUT2D eigenvalue weighted by atomic mass is 16.5. The molecular weight excluding hydrogens is 167 g/mol. The molecule has 0 saturated heterocycles. The summed E-state index contributed by atoms with van der Waals surface area (Å²) >= 11 is 0. The molecule has 0 saturated carbocycles. The molecule has 1 aromatic carbocycles. The highest BCUT2D eigenvalue weighted by molar-refractivity contribution is 6.17. The third-order valence-corrected chi connectivity index (χ3v) is 1.52. The highest BCUT2D eigenvalue weighted by Crippen LogP contribution is 2.17. The number of benzene rings is 1. The Balaban J connectivity index is 2.96. The van der Waals surface area contributed by atoms with E-state index in [-0.39, 0.29) is 0 Å². The van der Waals surface area contributed by atoms with Gasteiger partial charge in [0.1, 0.15) is 5.75 Å². The summed E-state index contributed by atoms with van der Waals surface area (Å²) in [6, 6.07) is 5.04. The quantitative estimate of drug-likeness (QED) is 0.394. The van der Waals surface area contributed by atoms with E-state index < -0.39 is 0 Å². The van der Waals surface area contributed by atoms with Gasteiger partial charge < -0.3 is 15.4 Å². The third kappa shape index (κ3) is 2.49. The zero-order chi connectivity index (χ0) is 9.68. The van der Waals surface area contributed by atoms with E-state index in [1.807, 2.05) is 0 Å². The fourth-order valence-corrected chi connectivity index (χ4v) is 0.938. The van der Waals surface area contributed by atoms with Crippen molar-refractivity contribution in [3.05, 3.63) is 23.8 Å². The molecule has 13 heavy (non-hydrogen) atoms. The predicted molar refractivity (Wildman–Crippen MR) is 53.0 cm³/mol. The van der Waals surface area contributed by atoms with Crippen LogP contribution in [0.25, 0.3) is 0 Å². The number of nitrogens with two attached hydrogens (primary N) is 1. The lowest BCUT2D eigenvalue weighted by Crippen LogP contribution is -2.01. The van der Waals surface area contributed by atoms with Gasteiger partial charge in [-0.05, 0) is 18.2 Å². The average Bonchev–Trinajstić information content (AvgIpc) is 2.12. The van der Waals surface area contributed by atoms with Crippen molar-refractivity contribution in [1.29, 1.82) is 0 Å². The first-order chi connectivity index (χ1) is 6.27. The van der Waals surface area contributed by atoms with Gasteiger partial charge >= 0.3 is 7.69 Å². The number of hydrogen-bond acceptors (Lipinski definition) is 4. The largest absolute Gasteiger partial charge is 0.569 e. The predicted octanol–water partition coefficient (Wildman–Crippen LogP) is 0.223. The molecular formula is C8H10BN2O2. The minimum Gasteiger partial charge on any atom is -0.537 e. The Hall–Kier alpha value is -1.49. The van der Waals surface area contributed by atoms with Gasteiger partial charge in [-0.15, -0.1) is 0 Å². The van der Waals surface area contributed by atoms with Crippen molar-refractivity contribution in [1.82, 2.24) is 0 Å². The van der Waals surface area contributed by atoms with Gasteiger partial charge in [-0.1, -0.05) is 0 Å². The van der Waals surface area contributed by atoms with Crippen molar-refractivity contribution in [2.45, 2.75) is 0 Å². The van der Waals surface area contributed by atoms with Crippen LogP contribution in [-0.4, -0.2) is 26.0 Å². The first kappa shape index (κ1) is 9.60. The van der Waals surface area contributed by atoms with Crippen LogP contribution < -0.4 is 10.4 Å². The zero-order valence-electron chi connectivity index (χ0n) is 7.27. The van der Waals surface area contributed by atoms with Crippen LogP contribution in [0.1, 0.15) is 5.56 Å². The summed E-state index contributed by atoms with van der Waals surface area (Å²) in [5, 5.41) is 8.40. The minimum absolute atomic E-state index is 0.520. The number of anilines is 1. The van der Waals surface area contributed by atoms with Gasteiger partial charge in [-0.2, -0.15) is 0 Å². The van der Waals surface area contributed by atoms with Gasteiger partial charge in [0.2, 0.25) is 0 Å². The molecule has 67 valence electrons. The molecule has 0 aliphatic rings. The molecule has 4 nitrogen and oxygen atoms in total. The van der Waals surface area contributed by atoms with E-state index in [1.54, 1.807) is 31.5 Å². The second-order valence-electron chi connectivity index (χ2n) is 2.40. The van der Waals surface area contributed by atoms with Crippen molar-refractivity contribution in [3.63, 3.8) is 0 Å². The van der Waals surface area contributed by atoms with Crippen LogP contribution in [0, 0.1) is 0 Å². The lowest BCUT2D eigenvalue weighted by Gasteiger charge is -2.04. The number of nitrogen functional groups attached to an aromatic ring is 1. The maximum atomic E-state index is 8.40. The molecule has 3 N–H and O–H groups in total. The van der Waals surface area contributed by atoms with Crippen LogP contribution >= 0.6 is 0 Å². The Morgan fingerprint density at radius 2 is 2.38 bits per heavy atom. The smallest absolute Gasteiger partial charge is 0.537 e. The first-order valence-corrected chi connectivity index (χ1v) is 3.72. The Morgan fingerprint density at radius 3 is 3.00 bits per heavy atom. The molecule has 0 amide bonds. The van der Waals surface area contributed by atoms with Crippen LogP contribution in [-0.2, 0) is 0 Å². The molecule has 5 heteroatoms. The molecule has 0 bridgehead atoms. The van der Waals surface area contributed by atoms with E-state index in [9.17, 15) is 0 Å². The summed E-state index contributed by atoms with van der Waals surface area (Å²) in [4.78, 5) is 3.83. The zero-order valence-corrected chi connectivity index (χ0v) is 7.27. The van der Waals surface area contributed by atoms with Crippen molar-refractivity contribution >= 4 is 19.6 Å². The van der Waals surface area contributed by atoms with E-state index in [0.29, 0.717) is 19.1 Å². The highest BCUT2D eigenvalue weighted by Gasteiger charge is 1.99. The lowest BCUT2D eigenvalue weighted by molar-refractivity contribution is 0.454. The number of rotatable bonds is 3. The Morgan fingerprint density at radius 1 is 1.62 bits per heavy atom. The van der Waals surface area contributed by atoms with E-state index in [0.717, 1.165) is 5.56 Å². The Bertz CT molecular complexity index is 315. The molecule has 0 aromatic heterocycles. The number of hydrogen-bond donors (Lipinski definition) is 2. The van der Waals surface area contributed by atoms with Crippen LogP contribution in [0.3, 0.4) is 0 Å². The van der Waals surface area contributed by atoms with Crippen LogP contribution in [0.5, 0.6) is 5.75 Å². The van der Waals surface area contributed by atoms with Gasteiger partial charge in [0.25, 0.3) is 0 Å². The van der Waals surface area contributed by atoms with E-state index >= 15 is 0 Å². The third-order valence-electron chi connectivity index (χ3n) is 1.52. The van der Waals surface area contributed by atoms with Gasteiger partial charge in [-0.25, -0.2) is 0 Å². The second-order valence-corrected chi connectivity index (χ2v) is 2.40. The van der Waals surface area contributed by atoms with E-state index in [4.69, 9.17) is 15.4 Å². The van der Waals surface area contributed by atoms with Gasteiger partial charge in [0.15, 0.2) is 0 Å². The minimum atomic E-state index is 0.520. The van der Waals surface area contributed by atoms with E-state index in [1.165, 1.54) is 0 Å². The molecule has 0 atom stereocenters. The summed E-state index contributed by atoms with van der Waals surface area (Å²) in [5.41, 5.74) is 7.04. The summed E-state index contributed by atoms with van der Waals surface area (Å²) in [7, 11) is 2.28. The summed E-state index contributed by atoms with van der Waals surface area (Å²) in [5.74, 6) is 0.520. The molecule has 0 fully saturated rings. The standard InChI is InChI=1S/C8H10BN2O2/c1-11-5-6-4-7(13-9-12)2-3-8(6)10/h2-5,12H,10H2,1H3. The lowest BCUT2D eigenvalue weighted by atomic mass is 10.2. The molecule has 1 aromatic rings. The molecule has 0 unspecified atom stereocenters. The number of aliphatic imine (C=N–C) groups is 1. The van der Waals surface area contributed by atoms with E-state index in [2.05, 4.69) is 4.99 Å². The maximum Gasteiger partial charge on any atom is 0.569 e. The summed E-state index contributed by atoms with van der Waals surface area (Å²) < 4.78 is 4.76.